The van der Waals surface area contributed by atoms with Gasteiger partial charge in [0.2, 0.25) is 0 Å². The minimum absolute atomic E-state index is 0.930. The highest BCUT2D eigenvalue weighted by Gasteiger charge is 2.23. The molecule has 4 rings (SSSR count). The Kier molecular flexibility index (Phi) is 2.21. The van der Waals surface area contributed by atoms with E-state index in [1.807, 2.05) is 43.7 Å². The van der Waals surface area contributed by atoms with E-state index in [1.165, 1.54) is 5.56 Å². The van der Waals surface area contributed by atoms with Crippen molar-refractivity contribution < 1.29 is 0 Å². The van der Waals surface area contributed by atoms with Gasteiger partial charge in [0, 0.05) is 24.4 Å². The highest BCUT2D eigenvalue weighted by molar-refractivity contribution is 5.73. The van der Waals surface area contributed by atoms with Crippen LogP contribution in [0.1, 0.15) is 5.56 Å². The third-order valence-corrected chi connectivity index (χ3v) is 3.81. The summed E-state index contributed by atoms with van der Waals surface area (Å²) in [6.45, 7) is 2.10. The fraction of sp³-hybridized carbons (Fsp3) is 0.125. The molecular formula is C16H14N4. The predicted molar refractivity (Wildman–Crippen MR) is 79.6 cm³/mol. The van der Waals surface area contributed by atoms with Gasteiger partial charge in [0.05, 0.1) is 11.9 Å². The van der Waals surface area contributed by atoms with Gasteiger partial charge in [-0.25, -0.2) is 9.97 Å². The van der Waals surface area contributed by atoms with Crippen LogP contribution in [-0.4, -0.2) is 21.6 Å². The molecule has 4 bridgehead atoms. The molecule has 0 spiro atoms. The van der Waals surface area contributed by atoms with Crippen LogP contribution in [0.3, 0.4) is 0 Å². The molecule has 20 heavy (non-hydrogen) atoms. The molecule has 0 radical (unpaired) electrons. The highest BCUT2D eigenvalue weighted by Crippen LogP contribution is 2.36. The van der Waals surface area contributed by atoms with Crippen LogP contribution in [0.25, 0.3) is 17.2 Å². The topological polar surface area (TPSA) is 34.0 Å². The Morgan fingerprint density at radius 1 is 1.05 bits per heavy atom. The number of hydrogen-bond donors (Lipinski definition) is 0. The molecule has 3 heterocycles. The zero-order valence-corrected chi connectivity index (χ0v) is 11.4. The van der Waals surface area contributed by atoms with Crippen molar-refractivity contribution >= 4 is 11.5 Å². The molecule has 3 aromatic rings. The number of rotatable bonds is 1. The Labute approximate surface area is 117 Å². The average molecular weight is 262 g/mol. The van der Waals surface area contributed by atoms with Gasteiger partial charge in [-0.3, -0.25) is 4.57 Å². The summed E-state index contributed by atoms with van der Waals surface area (Å²) in [5, 5.41) is 0. The number of pyridine rings is 1. The average Bonchev–Trinajstić information content (AvgIpc) is 2.91. The molecule has 98 valence electrons. The lowest BCUT2D eigenvalue weighted by Crippen LogP contribution is -2.12. The Hall–Kier alpha value is -2.62. The molecule has 0 saturated heterocycles. The molecule has 1 aliphatic rings. The summed E-state index contributed by atoms with van der Waals surface area (Å²) >= 11 is 0. The summed E-state index contributed by atoms with van der Waals surface area (Å²) in [7, 11) is 2.04. The molecule has 4 nitrogen and oxygen atoms in total. The van der Waals surface area contributed by atoms with E-state index in [-0.39, 0.29) is 0 Å². The summed E-state index contributed by atoms with van der Waals surface area (Å²) in [5.74, 6) is 2.82. The molecule has 0 saturated carbocycles. The van der Waals surface area contributed by atoms with Gasteiger partial charge in [-0.1, -0.05) is 30.3 Å². The quantitative estimate of drug-likeness (QED) is 0.674. The van der Waals surface area contributed by atoms with Gasteiger partial charge < -0.3 is 4.90 Å². The van der Waals surface area contributed by atoms with Crippen molar-refractivity contribution in [3.8, 4) is 17.2 Å². The molecular weight excluding hydrogens is 248 g/mol. The van der Waals surface area contributed by atoms with Crippen molar-refractivity contribution in [3.63, 3.8) is 0 Å². The SMILES string of the molecule is Cc1c2ccnc1-n1cc(nc1-c1ccccc1)N2C. The fourth-order valence-electron chi connectivity index (χ4n) is 2.73. The first-order valence-electron chi connectivity index (χ1n) is 6.60. The van der Waals surface area contributed by atoms with E-state index in [9.17, 15) is 0 Å². The Morgan fingerprint density at radius 3 is 2.65 bits per heavy atom. The molecule has 0 aliphatic carbocycles. The summed E-state index contributed by atoms with van der Waals surface area (Å²) in [6, 6.07) is 12.2. The number of imidazole rings is 1. The molecule has 0 amide bonds. The van der Waals surface area contributed by atoms with E-state index < -0.39 is 0 Å². The predicted octanol–water partition coefficient (Wildman–Crippen LogP) is 3.32. The van der Waals surface area contributed by atoms with Crippen LogP contribution in [0, 0.1) is 6.92 Å². The van der Waals surface area contributed by atoms with E-state index >= 15 is 0 Å². The first kappa shape index (κ1) is 11.2. The van der Waals surface area contributed by atoms with Crippen molar-refractivity contribution in [3.05, 3.63) is 54.4 Å². The molecule has 0 N–H and O–H groups in total. The fourth-order valence-corrected chi connectivity index (χ4v) is 2.73. The molecule has 0 unspecified atom stereocenters. The Bertz CT molecular complexity index is 789. The van der Waals surface area contributed by atoms with Gasteiger partial charge in [-0.05, 0) is 13.0 Å². The maximum atomic E-state index is 4.76. The summed E-state index contributed by atoms with van der Waals surface area (Å²) in [4.78, 5) is 11.4. The van der Waals surface area contributed by atoms with Crippen LogP contribution in [0.5, 0.6) is 0 Å². The third-order valence-electron chi connectivity index (χ3n) is 3.81. The Balaban J connectivity index is 2.04. The lowest BCUT2D eigenvalue weighted by molar-refractivity contribution is 0.981. The summed E-state index contributed by atoms with van der Waals surface area (Å²) in [5.41, 5.74) is 3.42. The van der Waals surface area contributed by atoms with Gasteiger partial charge in [-0.2, -0.15) is 0 Å². The van der Waals surface area contributed by atoms with Gasteiger partial charge in [0.1, 0.15) is 11.6 Å². The van der Waals surface area contributed by atoms with Crippen LogP contribution in [0.15, 0.2) is 48.8 Å². The molecule has 4 heteroatoms. The van der Waals surface area contributed by atoms with E-state index in [2.05, 4.69) is 33.5 Å². The largest absolute Gasteiger partial charge is 0.328 e. The van der Waals surface area contributed by atoms with Crippen LogP contribution in [0.2, 0.25) is 0 Å². The highest BCUT2D eigenvalue weighted by atomic mass is 15.3. The van der Waals surface area contributed by atoms with Crippen LogP contribution in [0.4, 0.5) is 11.5 Å². The third kappa shape index (κ3) is 1.42. The van der Waals surface area contributed by atoms with Crippen LogP contribution < -0.4 is 4.90 Å². The zero-order chi connectivity index (χ0) is 13.7. The second kappa shape index (κ2) is 3.93. The standard InChI is InChI=1S/C16H14N4/c1-11-13-8-9-17-15(11)20-10-14(19(13)2)18-16(20)12-6-4-3-5-7-12/h3-10H,1-2H3. The normalized spacial score (nSPS) is 12.4. The number of nitrogens with zero attached hydrogens (tertiary/aromatic N) is 4. The van der Waals surface area contributed by atoms with Gasteiger partial charge in [0.15, 0.2) is 5.82 Å². The minimum Gasteiger partial charge on any atom is -0.328 e. The number of hydrogen-bond acceptors (Lipinski definition) is 3. The molecule has 0 atom stereocenters. The first-order chi connectivity index (χ1) is 9.75. The van der Waals surface area contributed by atoms with Gasteiger partial charge in [-0.15, -0.1) is 0 Å². The zero-order valence-electron chi connectivity index (χ0n) is 11.4. The molecule has 2 aromatic heterocycles. The van der Waals surface area contributed by atoms with Crippen LogP contribution >= 0.6 is 0 Å². The number of benzene rings is 1. The van der Waals surface area contributed by atoms with Crippen molar-refractivity contribution in [2.75, 3.05) is 11.9 Å². The van der Waals surface area contributed by atoms with Crippen molar-refractivity contribution in [1.29, 1.82) is 0 Å². The lowest BCUT2D eigenvalue weighted by Gasteiger charge is -2.19. The Morgan fingerprint density at radius 2 is 1.85 bits per heavy atom. The molecule has 1 aromatic carbocycles. The van der Waals surface area contributed by atoms with Crippen molar-refractivity contribution in [2.45, 2.75) is 6.92 Å². The monoisotopic (exact) mass is 262 g/mol. The second-order valence-electron chi connectivity index (χ2n) is 5.00. The van der Waals surface area contributed by atoms with Crippen molar-refractivity contribution in [2.24, 2.45) is 0 Å². The molecule has 0 fully saturated rings. The number of fused-ring (bicyclic) bond motifs is 5. The minimum atomic E-state index is 0.930. The maximum Gasteiger partial charge on any atom is 0.152 e. The van der Waals surface area contributed by atoms with E-state index in [4.69, 9.17) is 4.98 Å². The van der Waals surface area contributed by atoms with Gasteiger partial charge >= 0.3 is 0 Å². The number of anilines is 2. The number of aromatic nitrogens is 3. The van der Waals surface area contributed by atoms with E-state index in [0.717, 1.165) is 28.7 Å². The van der Waals surface area contributed by atoms with Gasteiger partial charge in [0.25, 0.3) is 0 Å². The summed E-state index contributed by atoms with van der Waals surface area (Å²) in [6.07, 6.45) is 3.90. The first-order valence-corrected chi connectivity index (χ1v) is 6.60. The molecule has 1 aliphatic heterocycles. The van der Waals surface area contributed by atoms with E-state index in [1.54, 1.807) is 0 Å². The van der Waals surface area contributed by atoms with Crippen LogP contribution in [-0.2, 0) is 0 Å². The van der Waals surface area contributed by atoms with E-state index in [0.29, 0.717) is 0 Å². The van der Waals surface area contributed by atoms with Crippen molar-refractivity contribution in [1.82, 2.24) is 14.5 Å². The maximum absolute atomic E-state index is 4.76. The summed E-state index contributed by atoms with van der Waals surface area (Å²) < 4.78 is 2.08. The smallest absolute Gasteiger partial charge is 0.152 e. The lowest BCUT2D eigenvalue weighted by atomic mass is 10.2. The second-order valence-corrected chi connectivity index (χ2v) is 5.00.